The van der Waals surface area contributed by atoms with Crippen LogP contribution >= 0.6 is 11.9 Å². The minimum absolute atomic E-state index is 0.0284. The molecule has 0 amide bonds. The van der Waals surface area contributed by atoms with E-state index in [1.807, 2.05) is 18.2 Å². The number of alkyl halides is 5. The normalized spacial score (nSPS) is 15.0. The molecule has 10 nitrogen and oxygen atoms in total. The van der Waals surface area contributed by atoms with Crippen LogP contribution in [0.2, 0.25) is 0 Å². The molecule has 0 saturated carbocycles. The quantitative estimate of drug-likeness (QED) is 0.0632. The van der Waals surface area contributed by atoms with E-state index < -0.39 is 31.5 Å². The molecule has 1 aliphatic rings. The molecule has 1 N–H and O–H groups in total. The lowest BCUT2D eigenvalue weighted by atomic mass is 9.94. The fourth-order valence-electron chi connectivity index (χ4n) is 5.08. The van der Waals surface area contributed by atoms with Crippen molar-refractivity contribution < 1.29 is 36.2 Å². The van der Waals surface area contributed by atoms with Crippen molar-refractivity contribution in [2.75, 3.05) is 62.4 Å². The minimum atomic E-state index is -4.46. The second kappa shape index (κ2) is 17.3. The van der Waals surface area contributed by atoms with Crippen LogP contribution in [0.15, 0.2) is 66.0 Å². The number of aromatic nitrogens is 5. The van der Waals surface area contributed by atoms with Crippen LogP contribution in [0.25, 0.3) is 17.1 Å². The third-order valence-corrected chi connectivity index (χ3v) is 8.78. The molecule has 1 saturated heterocycles. The molecule has 16 heteroatoms. The van der Waals surface area contributed by atoms with Crippen molar-refractivity contribution in [2.24, 2.45) is 11.3 Å². The minimum Gasteiger partial charge on any atom is -0.476 e. The zero-order valence-electron chi connectivity index (χ0n) is 27.8. The Bertz CT molecular complexity index is 1670. The Balaban J connectivity index is 1.35. The van der Waals surface area contributed by atoms with Crippen LogP contribution in [0, 0.1) is 11.3 Å². The smallest absolute Gasteiger partial charge is 0.397 e. The van der Waals surface area contributed by atoms with Gasteiger partial charge < -0.3 is 23.8 Å². The van der Waals surface area contributed by atoms with Gasteiger partial charge in [0.25, 0.3) is 0 Å². The van der Waals surface area contributed by atoms with Gasteiger partial charge in [-0.05, 0) is 44.4 Å². The van der Waals surface area contributed by atoms with E-state index in [0.717, 1.165) is 39.2 Å². The molecule has 1 atom stereocenters. The molecule has 0 bridgehead atoms. The maximum absolute atomic E-state index is 14.1. The van der Waals surface area contributed by atoms with Gasteiger partial charge in [-0.15, -0.1) is 5.10 Å². The lowest BCUT2D eigenvalue weighted by molar-refractivity contribution is -0.219. The van der Waals surface area contributed by atoms with E-state index in [2.05, 4.69) is 19.7 Å². The van der Waals surface area contributed by atoms with Gasteiger partial charge >= 0.3 is 6.18 Å². The van der Waals surface area contributed by atoms with Gasteiger partial charge in [0.15, 0.2) is 11.6 Å². The topological polar surface area (TPSA) is 99.5 Å². The lowest BCUT2D eigenvalue weighted by Gasteiger charge is -2.26. The standard InChI is InChI=1S/C34H40F5N7O3S/c1-33(2,34(37,38)39)23-49-29-11-15-46(43-29)32-31(26-8-4-3-7-25(26)19-36)41-27(20-40-32)44-50-30-10-5-9-28(42-30)45(14-6-16-47-18-13-35)21-24-12-17-48-22-24/h3-5,7-11,15,20,24H,6,12-14,16-19,21-23H2,1-2H3,(H,41,44). The van der Waals surface area contributed by atoms with Crippen molar-refractivity contribution in [1.29, 1.82) is 0 Å². The van der Waals surface area contributed by atoms with Crippen LogP contribution in [0.1, 0.15) is 32.3 Å². The second-order valence-corrected chi connectivity index (χ2v) is 13.2. The van der Waals surface area contributed by atoms with E-state index in [4.69, 9.17) is 24.2 Å². The largest absolute Gasteiger partial charge is 0.476 e. The molecular formula is C34H40F5N7O3S. The van der Waals surface area contributed by atoms with E-state index in [1.165, 1.54) is 35.1 Å². The SMILES string of the molecule is CC(C)(COc1ccn(-c2ncc(NSc3cccc(N(CCCOCCF)CC4CCOC4)n3)nc2-c2ccccc2CF)n1)C(F)(F)F. The Morgan fingerprint density at radius 3 is 2.66 bits per heavy atom. The van der Waals surface area contributed by atoms with Gasteiger partial charge in [-0.25, -0.2) is 28.4 Å². The van der Waals surface area contributed by atoms with Crippen molar-refractivity contribution in [3.63, 3.8) is 0 Å². The third-order valence-electron chi connectivity index (χ3n) is 8.03. The van der Waals surface area contributed by atoms with Crippen LogP contribution in [0.5, 0.6) is 5.88 Å². The summed E-state index contributed by atoms with van der Waals surface area (Å²) in [6.07, 6.45) is 0.197. The average molecular weight is 722 g/mol. The molecule has 0 spiro atoms. The van der Waals surface area contributed by atoms with Crippen LogP contribution in [-0.2, 0) is 16.1 Å². The summed E-state index contributed by atoms with van der Waals surface area (Å²) in [7, 11) is 0. The van der Waals surface area contributed by atoms with E-state index in [9.17, 15) is 22.0 Å². The van der Waals surface area contributed by atoms with E-state index >= 15 is 0 Å². The number of anilines is 2. The van der Waals surface area contributed by atoms with Crippen LogP contribution in [0.4, 0.5) is 33.6 Å². The van der Waals surface area contributed by atoms with E-state index in [1.54, 1.807) is 24.3 Å². The summed E-state index contributed by atoms with van der Waals surface area (Å²) in [5, 5.41) is 4.95. The summed E-state index contributed by atoms with van der Waals surface area (Å²) in [6, 6.07) is 13.9. The van der Waals surface area contributed by atoms with Gasteiger partial charge in [-0.2, -0.15) is 13.2 Å². The highest BCUT2D eigenvalue weighted by Crippen LogP contribution is 2.38. The summed E-state index contributed by atoms with van der Waals surface area (Å²) < 4.78 is 87.4. The lowest BCUT2D eigenvalue weighted by Crippen LogP contribution is -2.37. The predicted molar refractivity (Wildman–Crippen MR) is 181 cm³/mol. The molecule has 1 unspecified atom stereocenters. The van der Waals surface area contributed by atoms with E-state index in [-0.39, 0.29) is 18.3 Å². The molecule has 1 fully saturated rings. The molecule has 4 aromatic rings. The first-order valence-corrected chi connectivity index (χ1v) is 17.0. The first kappa shape index (κ1) is 37.2. The molecule has 50 heavy (non-hydrogen) atoms. The van der Waals surface area contributed by atoms with Crippen LogP contribution in [-0.4, -0.2) is 83.7 Å². The molecule has 1 aliphatic heterocycles. The Hall–Kier alpha value is -4.02. The van der Waals surface area contributed by atoms with Crippen LogP contribution < -0.4 is 14.4 Å². The Morgan fingerprint density at radius 2 is 1.90 bits per heavy atom. The molecule has 270 valence electrons. The number of benzene rings is 1. The second-order valence-electron chi connectivity index (χ2n) is 12.4. The zero-order chi connectivity index (χ0) is 35.6. The first-order chi connectivity index (χ1) is 24.1. The van der Waals surface area contributed by atoms with Gasteiger partial charge in [0.1, 0.15) is 36.5 Å². The highest BCUT2D eigenvalue weighted by Gasteiger charge is 2.48. The van der Waals surface area contributed by atoms with Crippen molar-refractivity contribution >= 4 is 23.6 Å². The van der Waals surface area contributed by atoms with Crippen molar-refractivity contribution in [1.82, 2.24) is 24.7 Å². The summed E-state index contributed by atoms with van der Waals surface area (Å²) in [5.74, 6) is 1.72. The highest BCUT2D eigenvalue weighted by atomic mass is 32.2. The summed E-state index contributed by atoms with van der Waals surface area (Å²) >= 11 is 1.22. The number of ether oxygens (including phenoxy) is 3. The molecule has 0 aliphatic carbocycles. The predicted octanol–water partition coefficient (Wildman–Crippen LogP) is 7.50. The van der Waals surface area contributed by atoms with Crippen molar-refractivity contribution in [2.45, 2.75) is 44.6 Å². The maximum Gasteiger partial charge on any atom is 0.397 e. The van der Waals surface area contributed by atoms with Gasteiger partial charge in [-0.1, -0.05) is 30.3 Å². The Kier molecular flexibility index (Phi) is 12.9. The third kappa shape index (κ3) is 9.82. The number of hydrogen-bond acceptors (Lipinski definition) is 10. The first-order valence-electron chi connectivity index (χ1n) is 16.2. The van der Waals surface area contributed by atoms with E-state index in [0.29, 0.717) is 59.8 Å². The number of nitrogens with zero attached hydrogens (tertiary/aromatic N) is 6. The number of rotatable bonds is 18. The van der Waals surface area contributed by atoms with Gasteiger partial charge in [-0.3, -0.25) is 0 Å². The summed E-state index contributed by atoms with van der Waals surface area (Å²) in [5.41, 5.74) is -0.934. The molecule has 3 aromatic heterocycles. The van der Waals surface area contributed by atoms with Gasteiger partial charge in [0.05, 0.1) is 24.8 Å². The average Bonchev–Trinajstić information content (AvgIpc) is 3.81. The molecule has 5 rings (SSSR count). The fraction of sp³-hybridized carbons (Fsp3) is 0.471. The van der Waals surface area contributed by atoms with Crippen LogP contribution in [0.3, 0.4) is 0 Å². The Morgan fingerprint density at radius 1 is 1.06 bits per heavy atom. The highest BCUT2D eigenvalue weighted by molar-refractivity contribution is 8.00. The molecule has 1 aromatic carbocycles. The molecule has 0 radical (unpaired) electrons. The van der Waals surface area contributed by atoms with Gasteiger partial charge in [0.2, 0.25) is 5.88 Å². The Labute approximate surface area is 291 Å². The number of hydrogen-bond donors (Lipinski definition) is 1. The van der Waals surface area contributed by atoms with Crippen molar-refractivity contribution in [3.8, 4) is 23.0 Å². The summed E-state index contributed by atoms with van der Waals surface area (Å²) in [6.45, 7) is 3.60. The fourth-order valence-corrected chi connectivity index (χ4v) is 5.67. The number of pyridine rings is 1. The summed E-state index contributed by atoms with van der Waals surface area (Å²) in [4.78, 5) is 16.4. The monoisotopic (exact) mass is 721 g/mol. The van der Waals surface area contributed by atoms with Gasteiger partial charge in [0, 0.05) is 62.0 Å². The number of halogens is 5. The zero-order valence-corrected chi connectivity index (χ0v) is 28.7. The maximum atomic E-state index is 14.1. The number of nitrogens with one attached hydrogen (secondary N) is 1. The van der Waals surface area contributed by atoms with Crippen molar-refractivity contribution in [3.05, 3.63) is 66.5 Å². The molecular weight excluding hydrogens is 681 g/mol. The molecule has 4 heterocycles.